The molecule has 0 aromatic carbocycles. The molecule has 0 spiro atoms. The number of unbranched alkanes of at least 4 members (excludes halogenated alkanes) is 4. The second-order valence-electron chi connectivity index (χ2n) is 5.17. The van der Waals surface area contributed by atoms with Crippen LogP contribution in [0.1, 0.15) is 76.7 Å². The van der Waals surface area contributed by atoms with E-state index in [0.29, 0.717) is 5.92 Å². The van der Waals surface area contributed by atoms with Crippen molar-refractivity contribution in [1.82, 2.24) is 4.98 Å². The highest BCUT2D eigenvalue weighted by atomic mass is 16.1. The molecule has 1 rings (SSSR count). The topological polar surface area (TPSA) is 32.9 Å². The summed E-state index contributed by atoms with van der Waals surface area (Å²) in [4.78, 5) is 13.9. The maximum atomic E-state index is 11.1. The van der Waals surface area contributed by atoms with Gasteiger partial charge in [-0.3, -0.25) is 4.79 Å². The molecule has 0 bridgehead atoms. The van der Waals surface area contributed by atoms with Gasteiger partial charge in [-0.25, -0.2) is 0 Å². The normalized spacial score (nSPS) is 12.6. The van der Waals surface area contributed by atoms with E-state index in [9.17, 15) is 4.79 Å². The van der Waals surface area contributed by atoms with Crippen molar-refractivity contribution in [3.05, 3.63) is 34.2 Å². The summed E-state index contributed by atoms with van der Waals surface area (Å²) in [5.74, 6) is 0.624. The van der Waals surface area contributed by atoms with Crippen molar-refractivity contribution in [3.8, 4) is 0 Å². The Hall–Kier alpha value is -1.05. The van der Waals surface area contributed by atoms with E-state index in [2.05, 4.69) is 18.8 Å². The molecule has 1 aromatic rings. The van der Waals surface area contributed by atoms with E-state index < -0.39 is 0 Å². The van der Waals surface area contributed by atoms with Crippen LogP contribution < -0.4 is 5.56 Å². The number of pyridine rings is 1. The number of H-pyrrole nitrogens is 1. The molecular formula is C16H27NO. The molecule has 2 nitrogen and oxygen atoms in total. The van der Waals surface area contributed by atoms with Gasteiger partial charge >= 0.3 is 0 Å². The molecule has 1 aromatic heterocycles. The average molecular weight is 249 g/mol. The molecule has 102 valence electrons. The third-order valence-corrected chi connectivity index (χ3v) is 3.59. The van der Waals surface area contributed by atoms with Crippen molar-refractivity contribution in [2.24, 2.45) is 0 Å². The minimum atomic E-state index is -0.000950. The van der Waals surface area contributed by atoms with E-state index in [0.717, 1.165) is 0 Å². The number of aromatic amines is 1. The van der Waals surface area contributed by atoms with Gasteiger partial charge in [0.25, 0.3) is 0 Å². The molecule has 0 aliphatic heterocycles. The Bertz CT molecular complexity index is 349. The predicted octanol–water partition coefficient (Wildman–Crippen LogP) is 4.62. The van der Waals surface area contributed by atoms with E-state index in [-0.39, 0.29) is 5.56 Å². The molecular weight excluding hydrogens is 222 g/mol. The molecule has 1 heterocycles. The van der Waals surface area contributed by atoms with Gasteiger partial charge in [0.1, 0.15) is 0 Å². The van der Waals surface area contributed by atoms with Gasteiger partial charge in [-0.1, -0.05) is 58.4 Å². The van der Waals surface area contributed by atoms with Gasteiger partial charge in [0.2, 0.25) is 5.56 Å². The number of hydrogen-bond donors (Lipinski definition) is 1. The van der Waals surface area contributed by atoms with Gasteiger partial charge in [0.05, 0.1) is 0 Å². The zero-order valence-corrected chi connectivity index (χ0v) is 11.9. The predicted molar refractivity (Wildman–Crippen MR) is 78.1 cm³/mol. The Balaban J connectivity index is 2.53. The molecule has 0 aliphatic rings. The maximum absolute atomic E-state index is 11.1. The first kappa shape index (κ1) is 15.0. The Morgan fingerprint density at radius 3 is 2.33 bits per heavy atom. The Kier molecular flexibility index (Phi) is 7.47. The van der Waals surface area contributed by atoms with E-state index in [1.54, 1.807) is 6.07 Å². The van der Waals surface area contributed by atoms with Crippen molar-refractivity contribution in [1.29, 1.82) is 0 Å². The molecule has 1 N–H and O–H groups in total. The van der Waals surface area contributed by atoms with Crippen LogP contribution in [0.25, 0.3) is 0 Å². The zero-order chi connectivity index (χ0) is 13.2. The van der Waals surface area contributed by atoms with Crippen molar-refractivity contribution >= 4 is 0 Å². The van der Waals surface area contributed by atoms with Crippen molar-refractivity contribution in [3.63, 3.8) is 0 Å². The van der Waals surface area contributed by atoms with Crippen LogP contribution in [-0.4, -0.2) is 4.98 Å². The molecule has 1 atom stereocenters. The average Bonchev–Trinajstić information content (AvgIpc) is 2.39. The SMILES string of the molecule is CCCCCCC(CCCC)c1ccc(=O)[nH]c1. The molecule has 1 unspecified atom stereocenters. The fourth-order valence-corrected chi connectivity index (χ4v) is 2.42. The third-order valence-electron chi connectivity index (χ3n) is 3.59. The van der Waals surface area contributed by atoms with Crippen LogP contribution in [0.3, 0.4) is 0 Å². The number of hydrogen-bond acceptors (Lipinski definition) is 1. The molecule has 0 saturated carbocycles. The molecule has 0 aliphatic carbocycles. The van der Waals surface area contributed by atoms with Crippen LogP contribution in [0.2, 0.25) is 0 Å². The summed E-state index contributed by atoms with van der Waals surface area (Å²) < 4.78 is 0. The summed E-state index contributed by atoms with van der Waals surface area (Å²) in [6.07, 6.45) is 12.2. The Labute approximate surface area is 111 Å². The van der Waals surface area contributed by atoms with Gasteiger partial charge in [0, 0.05) is 12.3 Å². The summed E-state index contributed by atoms with van der Waals surface area (Å²) in [6, 6.07) is 3.65. The van der Waals surface area contributed by atoms with E-state index in [1.807, 2.05) is 12.3 Å². The fraction of sp³-hybridized carbons (Fsp3) is 0.688. The number of aromatic nitrogens is 1. The van der Waals surface area contributed by atoms with Crippen molar-refractivity contribution < 1.29 is 0 Å². The van der Waals surface area contributed by atoms with Gasteiger partial charge < -0.3 is 4.98 Å². The monoisotopic (exact) mass is 249 g/mol. The summed E-state index contributed by atoms with van der Waals surface area (Å²) in [7, 11) is 0. The highest BCUT2D eigenvalue weighted by Crippen LogP contribution is 2.27. The maximum Gasteiger partial charge on any atom is 0.247 e. The summed E-state index contributed by atoms with van der Waals surface area (Å²) >= 11 is 0. The Morgan fingerprint density at radius 2 is 1.72 bits per heavy atom. The molecule has 0 fully saturated rings. The second-order valence-corrected chi connectivity index (χ2v) is 5.17. The smallest absolute Gasteiger partial charge is 0.247 e. The summed E-state index contributed by atoms with van der Waals surface area (Å²) in [5.41, 5.74) is 1.30. The summed E-state index contributed by atoms with van der Waals surface area (Å²) in [5, 5.41) is 0. The number of nitrogens with one attached hydrogen (secondary N) is 1. The fourth-order valence-electron chi connectivity index (χ4n) is 2.42. The lowest BCUT2D eigenvalue weighted by atomic mass is 9.89. The molecule has 18 heavy (non-hydrogen) atoms. The van der Waals surface area contributed by atoms with Gasteiger partial charge in [0.15, 0.2) is 0 Å². The van der Waals surface area contributed by atoms with Gasteiger partial charge in [-0.05, 0) is 24.3 Å². The van der Waals surface area contributed by atoms with E-state index in [1.165, 1.54) is 56.9 Å². The molecule has 0 saturated heterocycles. The first-order valence-electron chi connectivity index (χ1n) is 7.46. The highest BCUT2D eigenvalue weighted by molar-refractivity contribution is 5.14. The first-order valence-corrected chi connectivity index (χ1v) is 7.46. The third kappa shape index (κ3) is 5.52. The lowest BCUT2D eigenvalue weighted by Gasteiger charge is -2.16. The van der Waals surface area contributed by atoms with Crippen molar-refractivity contribution in [2.75, 3.05) is 0 Å². The van der Waals surface area contributed by atoms with E-state index in [4.69, 9.17) is 0 Å². The van der Waals surface area contributed by atoms with Crippen molar-refractivity contribution in [2.45, 2.75) is 71.1 Å². The number of rotatable bonds is 9. The van der Waals surface area contributed by atoms with Crippen LogP contribution in [0.4, 0.5) is 0 Å². The highest BCUT2D eigenvalue weighted by Gasteiger charge is 2.10. The van der Waals surface area contributed by atoms with Crippen LogP contribution in [-0.2, 0) is 0 Å². The minimum Gasteiger partial charge on any atom is -0.329 e. The summed E-state index contributed by atoms with van der Waals surface area (Å²) in [6.45, 7) is 4.48. The lowest BCUT2D eigenvalue weighted by Crippen LogP contribution is -2.06. The Morgan fingerprint density at radius 1 is 1.00 bits per heavy atom. The zero-order valence-electron chi connectivity index (χ0n) is 11.9. The van der Waals surface area contributed by atoms with E-state index >= 15 is 0 Å². The lowest BCUT2D eigenvalue weighted by molar-refractivity contribution is 0.507. The first-order chi connectivity index (χ1) is 8.77. The molecule has 0 amide bonds. The quantitative estimate of drug-likeness (QED) is 0.636. The van der Waals surface area contributed by atoms with Crippen LogP contribution >= 0.6 is 0 Å². The van der Waals surface area contributed by atoms with Gasteiger partial charge in [-0.2, -0.15) is 0 Å². The second kappa shape index (κ2) is 8.96. The van der Waals surface area contributed by atoms with Crippen LogP contribution in [0, 0.1) is 0 Å². The van der Waals surface area contributed by atoms with Crippen LogP contribution in [0.15, 0.2) is 23.1 Å². The largest absolute Gasteiger partial charge is 0.329 e. The standard InChI is InChI=1S/C16H27NO/c1-3-5-7-8-10-14(9-6-4-2)15-11-12-16(18)17-13-15/h11-14H,3-10H2,1-2H3,(H,17,18). The van der Waals surface area contributed by atoms with Gasteiger partial charge in [-0.15, -0.1) is 0 Å². The molecule has 0 radical (unpaired) electrons. The minimum absolute atomic E-state index is 0.000950. The van der Waals surface area contributed by atoms with Crippen LogP contribution in [0.5, 0.6) is 0 Å². The molecule has 2 heteroatoms.